The molecule has 0 spiro atoms. The number of hydrogen-bond acceptors (Lipinski definition) is 4. The summed E-state index contributed by atoms with van der Waals surface area (Å²) in [5.74, 6) is -0.0433. The van der Waals surface area contributed by atoms with Gasteiger partial charge in [0.05, 0.1) is 0 Å². The molecule has 56 valence electrons. The molecule has 1 heterocycles. The first-order valence-corrected chi connectivity index (χ1v) is 2.76. The second kappa shape index (κ2) is 2.38. The molecule has 6 nitrogen and oxygen atoms in total. The van der Waals surface area contributed by atoms with Gasteiger partial charge in [0.2, 0.25) is 11.5 Å². The molecule has 0 atom stereocenters. The molecule has 0 saturated heterocycles. The SMILES string of the molecule is Cc1nc([N+](=O)[O-])c(C#N)[nH]1. The van der Waals surface area contributed by atoms with E-state index in [2.05, 4.69) is 9.97 Å². The van der Waals surface area contributed by atoms with Gasteiger partial charge in [-0.05, 0) is 9.91 Å². The van der Waals surface area contributed by atoms with Crippen LogP contribution in [0.1, 0.15) is 11.5 Å². The van der Waals surface area contributed by atoms with Gasteiger partial charge in [-0.3, -0.25) is 0 Å². The quantitative estimate of drug-likeness (QED) is 0.468. The number of aryl methyl sites for hydroxylation is 1. The molecule has 1 rings (SSSR count). The van der Waals surface area contributed by atoms with Crippen molar-refractivity contribution < 1.29 is 4.92 Å². The van der Waals surface area contributed by atoms with Crippen LogP contribution in [0.15, 0.2) is 0 Å². The first kappa shape index (κ1) is 7.21. The fraction of sp³-hybridized carbons (Fsp3) is 0.200. The summed E-state index contributed by atoms with van der Waals surface area (Å²) >= 11 is 0. The molecule has 0 bridgehead atoms. The lowest BCUT2D eigenvalue weighted by molar-refractivity contribution is -0.389. The van der Waals surface area contributed by atoms with Crippen molar-refractivity contribution in [3.8, 4) is 6.07 Å². The van der Waals surface area contributed by atoms with E-state index in [1.165, 1.54) is 0 Å². The number of aromatic amines is 1. The zero-order valence-corrected chi connectivity index (χ0v) is 5.66. The van der Waals surface area contributed by atoms with Crippen LogP contribution in [0.5, 0.6) is 0 Å². The normalized spacial score (nSPS) is 9.09. The van der Waals surface area contributed by atoms with Crippen molar-refractivity contribution in [2.75, 3.05) is 0 Å². The van der Waals surface area contributed by atoms with E-state index < -0.39 is 10.7 Å². The zero-order valence-electron chi connectivity index (χ0n) is 5.66. The van der Waals surface area contributed by atoms with E-state index in [0.29, 0.717) is 5.82 Å². The Labute approximate surface area is 61.6 Å². The standard InChI is InChI=1S/C5H4N4O2/c1-3-7-4(2-6)5(8-3)9(10)11/h1H3,(H,7,8). The van der Waals surface area contributed by atoms with Crippen LogP contribution in [0.2, 0.25) is 0 Å². The van der Waals surface area contributed by atoms with Crippen molar-refractivity contribution in [3.63, 3.8) is 0 Å². The molecule has 0 fully saturated rings. The minimum absolute atomic E-state index is 0.104. The summed E-state index contributed by atoms with van der Waals surface area (Å²) < 4.78 is 0. The topological polar surface area (TPSA) is 95.6 Å². The van der Waals surface area contributed by atoms with Crippen molar-refractivity contribution in [2.24, 2.45) is 0 Å². The highest BCUT2D eigenvalue weighted by atomic mass is 16.6. The molecule has 11 heavy (non-hydrogen) atoms. The number of imidazole rings is 1. The Morgan fingerprint density at radius 2 is 2.45 bits per heavy atom. The van der Waals surface area contributed by atoms with Gasteiger partial charge in [0.25, 0.3) is 0 Å². The van der Waals surface area contributed by atoms with E-state index in [4.69, 9.17) is 5.26 Å². The molecule has 0 amide bonds. The van der Waals surface area contributed by atoms with Gasteiger partial charge in [0.15, 0.2) is 0 Å². The fourth-order valence-corrected chi connectivity index (χ4v) is 0.690. The number of hydrogen-bond donors (Lipinski definition) is 1. The zero-order chi connectivity index (χ0) is 8.43. The average Bonchev–Trinajstić information content (AvgIpc) is 2.30. The third-order valence-electron chi connectivity index (χ3n) is 1.09. The monoisotopic (exact) mass is 152 g/mol. The summed E-state index contributed by atoms with van der Waals surface area (Å²) in [7, 11) is 0. The van der Waals surface area contributed by atoms with Crippen LogP contribution in [0.3, 0.4) is 0 Å². The van der Waals surface area contributed by atoms with Crippen LogP contribution in [0.25, 0.3) is 0 Å². The van der Waals surface area contributed by atoms with Crippen LogP contribution >= 0.6 is 0 Å². The number of H-pyrrole nitrogens is 1. The molecule has 0 aromatic carbocycles. The molecule has 0 aliphatic heterocycles. The number of aromatic nitrogens is 2. The smallest absolute Gasteiger partial charge is 0.358 e. The number of nitrogens with zero attached hydrogens (tertiary/aromatic N) is 3. The summed E-state index contributed by atoms with van der Waals surface area (Å²) in [4.78, 5) is 15.4. The Balaban J connectivity index is 3.26. The van der Waals surface area contributed by atoms with Gasteiger partial charge < -0.3 is 15.1 Å². The Kier molecular flexibility index (Phi) is 1.56. The minimum Gasteiger partial charge on any atom is -0.358 e. The number of nitriles is 1. The number of nitro groups is 1. The van der Waals surface area contributed by atoms with Gasteiger partial charge >= 0.3 is 5.82 Å². The van der Waals surface area contributed by atoms with Gasteiger partial charge in [-0.15, -0.1) is 0 Å². The summed E-state index contributed by atoms with van der Waals surface area (Å²) in [6.45, 7) is 1.55. The number of nitrogens with one attached hydrogen (secondary N) is 1. The third-order valence-corrected chi connectivity index (χ3v) is 1.09. The lowest BCUT2D eigenvalue weighted by Gasteiger charge is -1.84. The molecule has 6 heteroatoms. The first-order chi connectivity index (χ1) is 5.15. The van der Waals surface area contributed by atoms with E-state index in [9.17, 15) is 10.1 Å². The molecule has 1 aromatic rings. The molecule has 1 aromatic heterocycles. The summed E-state index contributed by atoms with van der Waals surface area (Å²) in [5, 5.41) is 18.5. The Hall–Kier alpha value is -1.90. The van der Waals surface area contributed by atoms with Crippen molar-refractivity contribution in [1.82, 2.24) is 9.97 Å². The lowest BCUT2D eigenvalue weighted by atomic mass is 10.5. The maximum atomic E-state index is 10.2. The molecule has 1 N–H and O–H groups in total. The van der Waals surface area contributed by atoms with Crippen LogP contribution in [-0.4, -0.2) is 14.9 Å². The molecule has 0 saturated carbocycles. The maximum Gasteiger partial charge on any atom is 0.400 e. The molecular formula is C5H4N4O2. The van der Waals surface area contributed by atoms with E-state index in [1.807, 2.05) is 0 Å². The predicted molar refractivity (Wildman–Crippen MR) is 34.7 cm³/mol. The predicted octanol–water partition coefficient (Wildman–Crippen LogP) is 0.498. The Morgan fingerprint density at radius 1 is 1.82 bits per heavy atom. The molecule has 0 aliphatic carbocycles. The Bertz CT molecular complexity index is 335. The fourth-order valence-electron chi connectivity index (χ4n) is 0.690. The van der Waals surface area contributed by atoms with E-state index in [0.717, 1.165) is 0 Å². The first-order valence-electron chi connectivity index (χ1n) is 2.76. The van der Waals surface area contributed by atoms with Crippen LogP contribution in [0, 0.1) is 28.4 Å². The summed E-state index contributed by atoms with van der Waals surface area (Å²) in [6.07, 6.45) is 0. The van der Waals surface area contributed by atoms with Gasteiger partial charge in [0.1, 0.15) is 6.07 Å². The van der Waals surface area contributed by atoms with Gasteiger partial charge in [-0.2, -0.15) is 5.26 Å². The largest absolute Gasteiger partial charge is 0.400 e. The van der Waals surface area contributed by atoms with Crippen molar-refractivity contribution in [3.05, 3.63) is 21.6 Å². The summed E-state index contributed by atoms with van der Waals surface area (Å²) in [6, 6.07) is 1.64. The molecular weight excluding hydrogens is 148 g/mol. The van der Waals surface area contributed by atoms with Crippen LogP contribution in [-0.2, 0) is 0 Å². The average molecular weight is 152 g/mol. The lowest BCUT2D eigenvalue weighted by Crippen LogP contribution is -1.90. The molecule has 0 aliphatic rings. The summed E-state index contributed by atoms with van der Waals surface area (Å²) in [5.41, 5.74) is -0.104. The van der Waals surface area contributed by atoms with Crippen molar-refractivity contribution in [2.45, 2.75) is 6.92 Å². The highest BCUT2D eigenvalue weighted by Crippen LogP contribution is 2.12. The molecule has 0 radical (unpaired) electrons. The van der Waals surface area contributed by atoms with Crippen molar-refractivity contribution >= 4 is 5.82 Å². The van der Waals surface area contributed by atoms with Gasteiger partial charge in [-0.25, -0.2) is 0 Å². The second-order valence-electron chi connectivity index (χ2n) is 1.89. The second-order valence-corrected chi connectivity index (χ2v) is 1.89. The highest BCUT2D eigenvalue weighted by molar-refractivity contribution is 5.37. The van der Waals surface area contributed by atoms with Gasteiger partial charge in [-0.1, -0.05) is 0 Å². The minimum atomic E-state index is -0.692. The third kappa shape index (κ3) is 1.16. The molecule has 0 unspecified atom stereocenters. The van der Waals surface area contributed by atoms with E-state index >= 15 is 0 Å². The van der Waals surface area contributed by atoms with Crippen molar-refractivity contribution in [1.29, 1.82) is 5.26 Å². The van der Waals surface area contributed by atoms with Crippen LogP contribution < -0.4 is 0 Å². The van der Waals surface area contributed by atoms with Gasteiger partial charge in [0, 0.05) is 6.92 Å². The Morgan fingerprint density at radius 3 is 2.82 bits per heavy atom. The number of rotatable bonds is 1. The van der Waals surface area contributed by atoms with Crippen LogP contribution in [0.4, 0.5) is 5.82 Å². The highest BCUT2D eigenvalue weighted by Gasteiger charge is 2.18. The van der Waals surface area contributed by atoms with E-state index in [-0.39, 0.29) is 5.69 Å². The maximum absolute atomic E-state index is 10.2. The van der Waals surface area contributed by atoms with E-state index in [1.54, 1.807) is 13.0 Å².